The van der Waals surface area contributed by atoms with E-state index in [4.69, 9.17) is 4.74 Å². The summed E-state index contributed by atoms with van der Waals surface area (Å²) in [6.07, 6.45) is 1.03. The van der Waals surface area contributed by atoms with Crippen molar-refractivity contribution in [1.29, 1.82) is 0 Å². The topological polar surface area (TPSA) is 96.0 Å². The molecule has 0 saturated carbocycles. The van der Waals surface area contributed by atoms with E-state index in [1.165, 1.54) is 12.0 Å². The summed E-state index contributed by atoms with van der Waals surface area (Å²) in [5.41, 5.74) is 0.593. The zero-order valence-corrected chi connectivity index (χ0v) is 20.8. The molecule has 2 rings (SSSR count). The highest BCUT2D eigenvalue weighted by Gasteiger charge is 2.32. The van der Waals surface area contributed by atoms with E-state index in [2.05, 4.69) is 5.32 Å². The first kappa shape index (κ1) is 26.2. The van der Waals surface area contributed by atoms with Crippen LogP contribution in [0.25, 0.3) is 0 Å². The normalized spacial score (nSPS) is 12.5. The number of ether oxygens (including phenoxy) is 1. The Morgan fingerprint density at radius 2 is 1.61 bits per heavy atom. The summed E-state index contributed by atoms with van der Waals surface area (Å²) >= 11 is 0. The molecule has 0 saturated heterocycles. The van der Waals surface area contributed by atoms with Crippen molar-refractivity contribution in [2.45, 2.75) is 45.8 Å². The van der Waals surface area contributed by atoms with Gasteiger partial charge >= 0.3 is 0 Å². The first-order chi connectivity index (χ1) is 15.3. The molecule has 9 heteroatoms. The van der Waals surface area contributed by atoms with Crippen molar-refractivity contribution in [3.05, 3.63) is 60.2 Å². The number of nitrogens with zero attached hydrogens (tertiary/aromatic N) is 2. The highest BCUT2D eigenvalue weighted by atomic mass is 32.2. The largest absolute Gasteiger partial charge is 0.495 e. The van der Waals surface area contributed by atoms with Gasteiger partial charge in [0, 0.05) is 12.1 Å². The summed E-state index contributed by atoms with van der Waals surface area (Å²) in [5, 5.41) is 2.89. The van der Waals surface area contributed by atoms with Crippen molar-refractivity contribution in [3.63, 3.8) is 0 Å². The van der Waals surface area contributed by atoms with Crippen LogP contribution >= 0.6 is 0 Å². The Kier molecular flexibility index (Phi) is 8.49. The van der Waals surface area contributed by atoms with Crippen molar-refractivity contribution in [2.24, 2.45) is 0 Å². The van der Waals surface area contributed by atoms with Gasteiger partial charge in [-0.3, -0.25) is 13.9 Å². The highest BCUT2D eigenvalue weighted by molar-refractivity contribution is 7.92. The summed E-state index contributed by atoms with van der Waals surface area (Å²) in [6.45, 7) is 6.88. The molecule has 0 aliphatic rings. The minimum atomic E-state index is -3.82. The lowest BCUT2D eigenvalue weighted by Crippen LogP contribution is -2.54. The van der Waals surface area contributed by atoms with Gasteiger partial charge in [0.15, 0.2) is 0 Å². The number of methoxy groups -OCH3 is 1. The molecule has 0 radical (unpaired) electrons. The average Bonchev–Trinajstić information content (AvgIpc) is 2.74. The van der Waals surface area contributed by atoms with Crippen LogP contribution in [0.3, 0.4) is 0 Å². The highest BCUT2D eigenvalue weighted by Crippen LogP contribution is 2.29. The SMILES string of the molecule is COc1ccccc1N(CC(=O)N(Cc1ccccc1)[C@@H](C)C(=O)NC(C)(C)C)S(C)(=O)=O. The Bertz CT molecular complexity index is 1070. The quantitative estimate of drug-likeness (QED) is 0.602. The van der Waals surface area contributed by atoms with Gasteiger partial charge in [-0.1, -0.05) is 42.5 Å². The maximum atomic E-state index is 13.5. The van der Waals surface area contributed by atoms with Crippen LogP contribution < -0.4 is 14.4 Å². The van der Waals surface area contributed by atoms with Crippen LogP contribution in [0.2, 0.25) is 0 Å². The number of carbonyl (C=O) groups excluding carboxylic acids is 2. The molecule has 2 aromatic rings. The van der Waals surface area contributed by atoms with Gasteiger partial charge in [0.2, 0.25) is 21.8 Å². The number of sulfonamides is 1. The van der Waals surface area contributed by atoms with E-state index in [-0.39, 0.29) is 18.1 Å². The second-order valence-corrected chi connectivity index (χ2v) is 10.8. The van der Waals surface area contributed by atoms with Crippen molar-refractivity contribution in [1.82, 2.24) is 10.2 Å². The van der Waals surface area contributed by atoms with E-state index in [1.807, 2.05) is 51.1 Å². The Labute approximate surface area is 196 Å². The second-order valence-electron chi connectivity index (χ2n) is 8.86. The molecule has 1 N–H and O–H groups in total. The number of hydrogen-bond acceptors (Lipinski definition) is 5. The molecule has 0 aliphatic carbocycles. The molecule has 0 aliphatic heterocycles. The number of nitrogens with one attached hydrogen (secondary N) is 1. The van der Waals surface area contributed by atoms with Crippen LogP contribution in [0.1, 0.15) is 33.3 Å². The Morgan fingerprint density at radius 3 is 2.15 bits per heavy atom. The predicted octanol–water partition coefficient (Wildman–Crippen LogP) is 2.79. The van der Waals surface area contributed by atoms with Crippen molar-refractivity contribution >= 4 is 27.5 Å². The van der Waals surface area contributed by atoms with E-state index >= 15 is 0 Å². The van der Waals surface area contributed by atoms with Crippen molar-refractivity contribution < 1.29 is 22.7 Å². The van der Waals surface area contributed by atoms with E-state index in [1.54, 1.807) is 31.2 Å². The summed E-state index contributed by atoms with van der Waals surface area (Å²) in [4.78, 5) is 27.8. The molecular formula is C24H33N3O5S. The Balaban J connectivity index is 2.41. The number of benzene rings is 2. The third-order valence-corrected chi connectivity index (χ3v) is 6.02. The van der Waals surface area contributed by atoms with Gasteiger partial charge in [0.1, 0.15) is 18.3 Å². The van der Waals surface area contributed by atoms with Gasteiger partial charge in [0.25, 0.3) is 0 Å². The molecule has 0 fully saturated rings. The fourth-order valence-corrected chi connectivity index (χ4v) is 4.12. The second kappa shape index (κ2) is 10.7. The lowest BCUT2D eigenvalue weighted by Gasteiger charge is -2.33. The van der Waals surface area contributed by atoms with E-state index < -0.39 is 34.1 Å². The standard InChI is InChI=1S/C24H33N3O5S/c1-18(23(29)25-24(2,3)4)26(16-19-12-8-7-9-13-19)22(28)17-27(33(6,30)31)20-14-10-11-15-21(20)32-5/h7-15,18H,16-17H2,1-6H3,(H,25,29)/t18-/m0/s1. The summed E-state index contributed by atoms with van der Waals surface area (Å²) in [6, 6.07) is 15.0. The third kappa shape index (κ3) is 7.49. The monoisotopic (exact) mass is 475 g/mol. The molecule has 1 atom stereocenters. The van der Waals surface area contributed by atoms with Crippen LogP contribution in [-0.2, 0) is 26.2 Å². The molecule has 2 amide bonds. The Morgan fingerprint density at radius 1 is 1.03 bits per heavy atom. The maximum Gasteiger partial charge on any atom is 0.244 e. The molecule has 2 aromatic carbocycles. The number of anilines is 1. The van der Waals surface area contributed by atoms with Gasteiger partial charge in [0.05, 0.1) is 19.1 Å². The maximum absolute atomic E-state index is 13.5. The summed E-state index contributed by atoms with van der Waals surface area (Å²) in [5.74, 6) is -0.509. The van der Waals surface area contributed by atoms with Crippen molar-refractivity contribution in [2.75, 3.05) is 24.2 Å². The van der Waals surface area contributed by atoms with E-state index in [0.29, 0.717) is 5.75 Å². The summed E-state index contributed by atoms with van der Waals surface area (Å²) < 4.78 is 31.6. The fraction of sp³-hybridized carbons (Fsp3) is 0.417. The lowest BCUT2D eigenvalue weighted by molar-refractivity contribution is -0.140. The molecule has 33 heavy (non-hydrogen) atoms. The Hall–Kier alpha value is -3.07. The molecule has 0 aromatic heterocycles. The number of carbonyl (C=O) groups is 2. The van der Waals surface area contributed by atoms with Crippen LogP contribution in [0.15, 0.2) is 54.6 Å². The number of para-hydroxylation sites is 2. The zero-order chi connectivity index (χ0) is 24.8. The van der Waals surface area contributed by atoms with Gasteiger partial charge in [-0.05, 0) is 45.4 Å². The number of rotatable bonds is 9. The van der Waals surface area contributed by atoms with Crippen LogP contribution in [-0.4, -0.2) is 56.6 Å². The molecule has 0 bridgehead atoms. The summed E-state index contributed by atoms with van der Waals surface area (Å²) in [7, 11) is -2.39. The van der Waals surface area contributed by atoms with Gasteiger partial charge in [-0.2, -0.15) is 0 Å². The lowest BCUT2D eigenvalue weighted by atomic mass is 10.1. The molecule has 8 nitrogen and oxygen atoms in total. The number of hydrogen-bond donors (Lipinski definition) is 1. The fourth-order valence-electron chi connectivity index (χ4n) is 3.27. The average molecular weight is 476 g/mol. The van der Waals surface area contributed by atoms with Gasteiger partial charge in [-0.25, -0.2) is 8.42 Å². The van der Waals surface area contributed by atoms with E-state index in [9.17, 15) is 18.0 Å². The van der Waals surface area contributed by atoms with Crippen LogP contribution in [0.4, 0.5) is 5.69 Å². The molecular weight excluding hydrogens is 442 g/mol. The third-order valence-electron chi connectivity index (χ3n) is 4.89. The van der Waals surface area contributed by atoms with Gasteiger partial charge in [-0.15, -0.1) is 0 Å². The van der Waals surface area contributed by atoms with Gasteiger partial charge < -0.3 is 15.0 Å². The van der Waals surface area contributed by atoms with Crippen LogP contribution in [0.5, 0.6) is 5.75 Å². The predicted molar refractivity (Wildman–Crippen MR) is 130 cm³/mol. The molecule has 180 valence electrons. The van der Waals surface area contributed by atoms with Crippen LogP contribution in [0, 0.1) is 0 Å². The first-order valence-electron chi connectivity index (χ1n) is 10.6. The first-order valence-corrected chi connectivity index (χ1v) is 12.4. The van der Waals surface area contributed by atoms with E-state index in [0.717, 1.165) is 16.1 Å². The molecule has 0 unspecified atom stereocenters. The molecule has 0 heterocycles. The minimum absolute atomic E-state index is 0.155. The smallest absolute Gasteiger partial charge is 0.244 e. The zero-order valence-electron chi connectivity index (χ0n) is 20.0. The van der Waals surface area contributed by atoms with Crippen molar-refractivity contribution in [3.8, 4) is 5.75 Å². The number of amides is 2. The molecule has 0 spiro atoms. The minimum Gasteiger partial charge on any atom is -0.495 e.